The van der Waals surface area contributed by atoms with Crippen LogP contribution >= 0.6 is 11.8 Å². The van der Waals surface area contributed by atoms with Gasteiger partial charge in [-0.3, -0.25) is 4.79 Å². The van der Waals surface area contributed by atoms with Gasteiger partial charge >= 0.3 is 0 Å². The quantitative estimate of drug-likeness (QED) is 0.803. The van der Waals surface area contributed by atoms with E-state index in [4.69, 9.17) is 4.74 Å². The molecule has 1 amide bonds. The van der Waals surface area contributed by atoms with Gasteiger partial charge in [0.2, 0.25) is 5.91 Å². The molecule has 0 saturated heterocycles. The number of aromatic nitrogens is 2. The second-order valence-corrected chi connectivity index (χ2v) is 5.55. The van der Waals surface area contributed by atoms with Crippen LogP contribution in [0.5, 0.6) is 5.75 Å². The number of benzene rings is 1. The summed E-state index contributed by atoms with van der Waals surface area (Å²) in [4.78, 5) is 19.3. The molecule has 1 unspecified atom stereocenters. The van der Waals surface area contributed by atoms with Crippen molar-refractivity contribution in [2.24, 2.45) is 0 Å². The number of ether oxygens (including phenoxy) is 1. The minimum absolute atomic E-state index is 0.0300. The number of imidazole rings is 1. The van der Waals surface area contributed by atoms with Gasteiger partial charge in [-0.2, -0.15) is 0 Å². The third-order valence-corrected chi connectivity index (χ3v) is 3.90. The lowest BCUT2D eigenvalue weighted by molar-refractivity contribution is -0.119. The normalized spacial score (nSPS) is 12.3. The van der Waals surface area contributed by atoms with Crippen LogP contribution in [0.4, 0.5) is 0 Å². The molecule has 0 saturated carbocycles. The number of H-pyrrole nitrogens is 1. The van der Waals surface area contributed by atoms with Gasteiger partial charge < -0.3 is 15.0 Å². The van der Waals surface area contributed by atoms with Crippen LogP contribution in [0.3, 0.4) is 0 Å². The average Bonchev–Trinajstić information content (AvgIpc) is 2.86. The number of nitrogens with one attached hydrogen (secondary N) is 2. The number of amides is 1. The number of hydrogen-bond donors (Lipinski definition) is 2. The summed E-state index contributed by atoms with van der Waals surface area (Å²) in [5, 5.41) is 3.67. The molecule has 2 rings (SSSR count). The standard InChI is InChI=1S/C14H19N3O2S/c1-4-9(2)15-13(18)8-20-14-16-11-6-5-10(19-3)7-12(11)17-14/h5-7,9H,4,8H2,1-3H3,(H,15,18)(H,16,17). The van der Waals surface area contributed by atoms with E-state index in [-0.39, 0.29) is 11.9 Å². The zero-order chi connectivity index (χ0) is 14.5. The fraction of sp³-hybridized carbons (Fsp3) is 0.429. The Labute approximate surface area is 122 Å². The highest BCUT2D eigenvalue weighted by Gasteiger charge is 2.09. The molecule has 6 heteroatoms. The number of hydrogen-bond acceptors (Lipinski definition) is 4. The smallest absolute Gasteiger partial charge is 0.230 e. The first-order valence-electron chi connectivity index (χ1n) is 6.58. The third kappa shape index (κ3) is 3.66. The largest absolute Gasteiger partial charge is 0.497 e. The number of methoxy groups -OCH3 is 1. The Hall–Kier alpha value is -1.69. The predicted molar refractivity (Wildman–Crippen MR) is 81.3 cm³/mol. The molecule has 1 aromatic carbocycles. The number of carbonyl (C=O) groups excluding carboxylic acids is 1. The van der Waals surface area contributed by atoms with E-state index < -0.39 is 0 Å². The molecule has 20 heavy (non-hydrogen) atoms. The van der Waals surface area contributed by atoms with Gasteiger partial charge in [0, 0.05) is 12.1 Å². The molecule has 1 aromatic heterocycles. The van der Waals surface area contributed by atoms with Crippen molar-refractivity contribution in [1.82, 2.24) is 15.3 Å². The summed E-state index contributed by atoms with van der Waals surface area (Å²) in [6.45, 7) is 4.04. The fourth-order valence-corrected chi connectivity index (χ4v) is 2.41. The summed E-state index contributed by atoms with van der Waals surface area (Å²) in [6, 6.07) is 5.87. The van der Waals surface area contributed by atoms with Crippen LogP contribution in [0.25, 0.3) is 11.0 Å². The van der Waals surface area contributed by atoms with Crippen LogP contribution in [0, 0.1) is 0 Å². The van der Waals surface area contributed by atoms with Crippen LogP contribution in [-0.2, 0) is 4.79 Å². The first-order valence-corrected chi connectivity index (χ1v) is 7.57. The van der Waals surface area contributed by atoms with Crippen molar-refractivity contribution in [3.05, 3.63) is 18.2 Å². The molecule has 0 fully saturated rings. The van der Waals surface area contributed by atoms with E-state index in [9.17, 15) is 4.79 Å². The summed E-state index contributed by atoms with van der Waals surface area (Å²) in [5.74, 6) is 1.18. The first-order chi connectivity index (χ1) is 9.62. The number of nitrogens with zero attached hydrogens (tertiary/aromatic N) is 1. The van der Waals surface area contributed by atoms with Crippen molar-refractivity contribution in [3.8, 4) is 5.75 Å². The molecular weight excluding hydrogens is 274 g/mol. The Bertz CT molecular complexity index is 597. The van der Waals surface area contributed by atoms with Gasteiger partial charge in [-0.25, -0.2) is 4.98 Å². The van der Waals surface area contributed by atoms with Crippen molar-refractivity contribution in [2.45, 2.75) is 31.5 Å². The van der Waals surface area contributed by atoms with Crippen LogP contribution in [-0.4, -0.2) is 34.8 Å². The van der Waals surface area contributed by atoms with E-state index in [2.05, 4.69) is 15.3 Å². The lowest BCUT2D eigenvalue weighted by Crippen LogP contribution is -2.33. The monoisotopic (exact) mass is 293 g/mol. The molecule has 0 radical (unpaired) electrons. The van der Waals surface area contributed by atoms with E-state index in [1.54, 1.807) is 7.11 Å². The Kier molecular flexibility index (Phi) is 4.89. The molecule has 0 aliphatic heterocycles. The van der Waals surface area contributed by atoms with Gasteiger partial charge in [-0.15, -0.1) is 0 Å². The number of aromatic amines is 1. The van der Waals surface area contributed by atoms with Crippen LogP contribution in [0.15, 0.2) is 23.4 Å². The van der Waals surface area contributed by atoms with E-state index in [0.29, 0.717) is 5.75 Å². The first kappa shape index (κ1) is 14.7. The van der Waals surface area contributed by atoms with Gasteiger partial charge in [0.05, 0.1) is 23.9 Å². The molecule has 108 valence electrons. The van der Waals surface area contributed by atoms with Crippen molar-refractivity contribution < 1.29 is 9.53 Å². The van der Waals surface area contributed by atoms with Crippen molar-refractivity contribution in [1.29, 1.82) is 0 Å². The van der Waals surface area contributed by atoms with E-state index in [1.165, 1.54) is 11.8 Å². The van der Waals surface area contributed by atoms with Gasteiger partial charge in [0.1, 0.15) is 5.75 Å². The molecule has 0 aliphatic carbocycles. The average molecular weight is 293 g/mol. The summed E-state index contributed by atoms with van der Waals surface area (Å²) in [7, 11) is 1.63. The lowest BCUT2D eigenvalue weighted by atomic mass is 10.3. The number of rotatable bonds is 6. The molecule has 0 spiro atoms. The molecular formula is C14H19N3O2S. The number of thioether (sulfide) groups is 1. The number of carbonyl (C=O) groups is 1. The summed E-state index contributed by atoms with van der Waals surface area (Å²) >= 11 is 1.40. The SMILES string of the molecule is CCC(C)NC(=O)CSc1nc2ccc(OC)cc2[nH]1. The minimum atomic E-state index is 0.0300. The van der Waals surface area contributed by atoms with E-state index in [0.717, 1.165) is 28.4 Å². The van der Waals surface area contributed by atoms with Crippen LogP contribution < -0.4 is 10.1 Å². The highest BCUT2D eigenvalue weighted by molar-refractivity contribution is 7.99. The van der Waals surface area contributed by atoms with Gasteiger partial charge in [-0.05, 0) is 25.5 Å². The Balaban J connectivity index is 1.98. The summed E-state index contributed by atoms with van der Waals surface area (Å²) < 4.78 is 5.17. The predicted octanol–water partition coefficient (Wildman–Crippen LogP) is 2.58. The fourth-order valence-electron chi connectivity index (χ4n) is 1.71. The van der Waals surface area contributed by atoms with Crippen molar-refractivity contribution in [2.75, 3.05) is 12.9 Å². The molecule has 0 bridgehead atoms. The maximum Gasteiger partial charge on any atom is 0.230 e. The molecule has 2 aromatic rings. The highest BCUT2D eigenvalue weighted by atomic mass is 32.2. The Morgan fingerprint density at radius 1 is 1.55 bits per heavy atom. The molecule has 5 nitrogen and oxygen atoms in total. The summed E-state index contributed by atoms with van der Waals surface area (Å²) in [5.41, 5.74) is 1.78. The van der Waals surface area contributed by atoms with Gasteiger partial charge in [-0.1, -0.05) is 18.7 Å². The van der Waals surface area contributed by atoms with Crippen LogP contribution in [0.1, 0.15) is 20.3 Å². The van der Waals surface area contributed by atoms with Gasteiger partial charge in [0.15, 0.2) is 5.16 Å². The molecule has 1 atom stereocenters. The maximum absolute atomic E-state index is 11.7. The van der Waals surface area contributed by atoms with Gasteiger partial charge in [0.25, 0.3) is 0 Å². The highest BCUT2D eigenvalue weighted by Crippen LogP contribution is 2.22. The molecule has 1 heterocycles. The zero-order valence-electron chi connectivity index (χ0n) is 11.9. The Morgan fingerprint density at radius 2 is 2.35 bits per heavy atom. The van der Waals surface area contributed by atoms with Crippen LogP contribution in [0.2, 0.25) is 0 Å². The second kappa shape index (κ2) is 6.65. The van der Waals surface area contributed by atoms with E-state index in [1.807, 2.05) is 32.0 Å². The maximum atomic E-state index is 11.7. The Morgan fingerprint density at radius 3 is 3.05 bits per heavy atom. The summed E-state index contributed by atoms with van der Waals surface area (Å²) in [6.07, 6.45) is 0.931. The number of fused-ring (bicyclic) bond motifs is 1. The second-order valence-electron chi connectivity index (χ2n) is 4.59. The molecule has 0 aliphatic rings. The molecule has 2 N–H and O–H groups in total. The lowest BCUT2D eigenvalue weighted by Gasteiger charge is -2.10. The topological polar surface area (TPSA) is 67.0 Å². The zero-order valence-corrected chi connectivity index (χ0v) is 12.7. The van der Waals surface area contributed by atoms with E-state index >= 15 is 0 Å². The van der Waals surface area contributed by atoms with Crippen molar-refractivity contribution in [3.63, 3.8) is 0 Å². The van der Waals surface area contributed by atoms with Crippen molar-refractivity contribution >= 4 is 28.7 Å². The minimum Gasteiger partial charge on any atom is -0.497 e. The third-order valence-electron chi connectivity index (χ3n) is 3.03.